The third-order valence-electron chi connectivity index (χ3n) is 5.30. The average Bonchev–Trinajstić information content (AvgIpc) is 3.10. The first-order valence-electron chi connectivity index (χ1n) is 10.6. The molecule has 0 fully saturated rings. The van der Waals surface area contributed by atoms with Crippen LogP contribution in [0, 0.1) is 6.92 Å². The standard InChI is InChI=1S/C25H33N3O2/c1-18(2)27(5)25-23(24(26-30-25)22-12-7-6-8-13-22)17-28(15-20(4)29)16-21-11-9-10-19(3)14-21/h6-14,18,20,29H,15-17H2,1-5H3/t20-/m1/s1. The van der Waals surface area contributed by atoms with Gasteiger partial charge in [-0.05, 0) is 33.3 Å². The minimum Gasteiger partial charge on any atom is -0.392 e. The normalized spacial score (nSPS) is 12.5. The van der Waals surface area contributed by atoms with Crippen LogP contribution in [0.2, 0.25) is 0 Å². The van der Waals surface area contributed by atoms with E-state index in [9.17, 15) is 5.11 Å². The maximum atomic E-state index is 10.1. The summed E-state index contributed by atoms with van der Waals surface area (Å²) >= 11 is 0. The van der Waals surface area contributed by atoms with Crippen LogP contribution in [-0.2, 0) is 13.1 Å². The Morgan fingerprint density at radius 1 is 1.00 bits per heavy atom. The molecule has 0 aliphatic carbocycles. The molecule has 0 aliphatic heterocycles. The van der Waals surface area contributed by atoms with Crippen molar-refractivity contribution in [2.75, 3.05) is 18.5 Å². The van der Waals surface area contributed by atoms with Crippen molar-refractivity contribution < 1.29 is 9.63 Å². The number of aryl methyl sites for hydroxylation is 1. The summed E-state index contributed by atoms with van der Waals surface area (Å²) in [5.41, 5.74) is 5.41. The molecule has 1 N–H and O–H groups in total. The monoisotopic (exact) mass is 407 g/mol. The van der Waals surface area contributed by atoms with Crippen LogP contribution in [0.1, 0.15) is 37.5 Å². The molecule has 30 heavy (non-hydrogen) atoms. The molecule has 5 nitrogen and oxygen atoms in total. The van der Waals surface area contributed by atoms with Crippen molar-refractivity contribution in [1.82, 2.24) is 10.1 Å². The first-order valence-corrected chi connectivity index (χ1v) is 10.6. The molecule has 0 unspecified atom stereocenters. The third-order valence-corrected chi connectivity index (χ3v) is 5.30. The molecule has 3 rings (SSSR count). The minimum absolute atomic E-state index is 0.280. The maximum absolute atomic E-state index is 10.1. The van der Waals surface area contributed by atoms with E-state index in [2.05, 4.69) is 72.1 Å². The Bertz CT molecular complexity index is 935. The average molecular weight is 408 g/mol. The van der Waals surface area contributed by atoms with Crippen LogP contribution < -0.4 is 4.90 Å². The van der Waals surface area contributed by atoms with Crippen LogP contribution >= 0.6 is 0 Å². The van der Waals surface area contributed by atoms with E-state index < -0.39 is 6.10 Å². The highest BCUT2D eigenvalue weighted by Crippen LogP contribution is 2.33. The third kappa shape index (κ3) is 5.49. The zero-order valence-electron chi connectivity index (χ0n) is 18.7. The van der Waals surface area contributed by atoms with Gasteiger partial charge in [-0.1, -0.05) is 65.3 Å². The zero-order valence-corrected chi connectivity index (χ0v) is 18.7. The number of rotatable bonds is 9. The Kier molecular flexibility index (Phi) is 7.29. The molecule has 5 heteroatoms. The zero-order chi connectivity index (χ0) is 21.7. The van der Waals surface area contributed by atoms with E-state index in [1.165, 1.54) is 11.1 Å². The van der Waals surface area contributed by atoms with Crippen molar-refractivity contribution in [1.29, 1.82) is 0 Å². The second-order valence-corrected chi connectivity index (χ2v) is 8.39. The van der Waals surface area contributed by atoms with Crippen LogP contribution in [0.5, 0.6) is 0 Å². The summed E-state index contributed by atoms with van der Waals surface area (Å²) in [5, 5.41) is 14.6. The highest BCUT2D eigenvalue weighted by atomic mass is 16.5. The number of aliphatic hydroxyl groups is 1. The van der Waals surface area contributed by atoms with Gasteiger partial charge in [0.25, 0.3) is 0 Å². The fourth-order valence-electron chi connectivity index (χ4n) is 3.63. The van der Waals surface area contributed by atoms with Gasteiger partial charge in [0.1, 0.15) is 5.69 Å². The second-order valence-electron chi connectivity index (χ2n) is 8.39. The quantitative estimate of drug-likeness (QED) is 0.548. The Labute approximate surface area is 179 Å². The lowest BCUT2D eigenvalue weighted by Crippen LogP contribution is -2.32. The molecule has 0 spiro atoms. The fraction of sp³-hybridized carbons (Fsp3) is 0.400. The SMILES string of the molecule is Cc1cccc(CN(Cc2c(-c3ccccc3)noc2N(C)C(C)C)C[C@@H](C)O)c1. The summed E-state index contributed by atoms with van der Waals surface area (Å²) in [7, 11) is 2.03. The Balaban J connectivity index is 1.98. The van der Waals surface area contributed by atoms with Crippen molar-refractivity contribution >= 4 is 5.88 Å². The number of hydrogen-bond donors (Lipinski definition) is 1. The van der Waals surface area contributed by atoms with E-state index in [1.54, 1.807) is 0 Å². The number of nitrogens with zero attached hydrogens (tertiary/aromatic N) is 3. The number of hydrogen-bond acceptors (Lipinski definition) is 5. The van der Waals surface area contributed by atoms with E-state index in [0.29, 0.717) is 13.1 Å². The van der Waals surface area contributed by atoms with Crippen LogP contribution in [0.4, 0.5) is 5.88 Å². The van der Waals surface area contributed by atoms with E-state index in [0.717, 1.165) is 29.2 Å². The lowest BCUT2D eigenvalue weighted by molar-refractivity contribution is 0.118. The Hall–Kier alpha value is -2.63. The van der Waals surface area contributed by atoms with Gasteiger partial charge in [-0.25, -0.2) is 0 Å². The predicted octanol–water partition coefficient (Wildman–Crippen LogP) is 4.88. The number of aliphatic hydroxyl groups excluding tert-OH is 1. The van der Waals surface area contributed by atoms with Crippen LogP contribution in [0.25, 0.3) is 11.3 Å². The smallest absolute Gasteiger partial charge is 0.232 e. The summed E-state index contributed by atoms with van der Waals surface area (Å²) in [5.74, 6) is 0.781. The molecule has 3 aromatic rings. The van der Waals surface area contributed by atoms with Gasteiger partial charge in [-0.3, -0.25) is 4.90 Å². The molecule has 1 atom stereocenters. The van der Waals surface area contributed by atoms with Crippen LogP contribution in [0.15, 0.2) is 59.1 Å². The molecule has 1 heterocycles. The fourth-order valence-corrected chi connectivity index (χ4v) is 3.63. The van der Waals surface area contributed by atoms with Gasteiger partial charge < -0.3 is 14.5 Å². The van der Waals surface area contributed by atoms with Gasteiger partial charge in [0.05, 0.1) is 11.7 Å². The topological polar surface area (TPSA) is 52.7 Å². The molecular formula is C25H33N3O2. The first-order chi connectivity index (χ1) is 14.3. The highest BCUT2D eigenvalue weighted by molar-refractivity contribution is 5.68. The summed E-state index contributed by atoms with van der Waals surface area (Å²) in [6.45, 7) is 10.2. The predicted molar refractivity (Wildman–Crippen MR) is 122 cm³/mol. The van der Waals surface area contributed by atoms with E-state index in [4.69, 9.17) is 4.52 Å². The molecule has 2 aromatic carbocycles. The van der Waals surface area contributed by atoms with Gasteiger partial charge in [0.15, 0.2) is 0 Å². The molecule has 0 saturated carbocycles. The van der Waals surface area contributed by atoms with Crippen LogP contribution in [0.3, 0.4) is 0 Å². The summed E-state index contributed by atoms with van der Waals surface area (Å²) in [6.07, 6.45) is -0.430. The van der Waals surface area contributed by atoms with Crippen molar-refractivity contribution in [3.05, 3.63) is 71.3 Å². The highest BCUT2D eigenvalue weighted by Gasteiger charge is 2.24. The van der Waals surface area contributed by atoms with Gasteiger partial charge in [-0.2, -0.15) is 0 Å². The van der Waals surface area contributed by atoms with E-state index >= 15 is 0 Å². The van der Waals surface area contributed by atoms with Gasteiger partial charge in [0.2, 0.25) is 5.88 Å². The number of benzene rings is 2. The van der Waals surface area contributed by atoms with Crippen molar-refractivity contribution in [3.63, 3.8) is 0 Å². The Morgan fingerprint density at radius 2 is 1.73 bits per heavy atom. The van der Waals surface area contributed by atoms with Gasteiger partial charge >= 0.3 is 0 Å². The van der Waals surface area contributed by atoms with Crippen LogP contribution in [-0.4, -0.2) is 40.9 Å². The minimum atomic E-state index is -0.430. The molecular weight excluding hydrogens is 374 g/mol. The summed E-state index contributed by atoms with van der Waals surface area (Å²) < 4.78 is 5.84. The molecule has 0 bridgehead atoms. The molecule has 160 valence electrons. The maximum Gasteiger partial charge on any atom is 0.232 e. The number of aromatic nitrogens is 1. The van der Waals surface area contributed by atoms with Crippen molar-refractivity contribution in [2.24, 2.45) is 0 Å². The summed E-state index contributed by atoms with van der Waals surface area (Å²) in [6, 6.07) is 18.9. The van der Waals surface area contributed by atoms with Gasteiger partial charge in [0, 0.05) is 38.3 Å². The van der Waals surface area contributed by atoms with Gasteiger partial charge in [-0.15, -0.1) is 0 Å². The molecule has 0 amide bonds. The second kappa shape index (κ2) is 9.92. The van der Waals surface area contributed by atoms with Crippen molar-refractivity contribution in [2.45, 2.75) is 52.9 Å². The largest absolute Gasteiger partial charge is 0.392 e. The lowest BCUT2D eigenvalue weighted by Gasteiger charge is -2.26. The molecule has 0 aliphatic rings. The molecule has 0 saturated heterocycles. The van der Waals surface area contributed by atoms with E-state index in [1.807, 2.05) is 32.2 Å². The molecule has 0 radical (unpaired) electrons. The Morgan fingerprint density at radius 3 is 2.37 bits per heavy atom. The van der Waals surface area contributed by atoms with Crippen molar-refractivity contribution in [3.8, 4) is 11.3 Å². The summed E-state index contributed by atoms with van der Waals surface area (Å²) in [4.78, 5) is 4.37. The number of anilines is 1. The van der Waals surface area contributed by atoms with E-state index in [-0.39, 0.29) is 6.04 Å². The first kappa shape index (κ1) is 22.1. The molecule has 1 aromatic heterocycles. The lowest BCUT2D eigenvalue weighted by atomic mass is 10.1.